The van der Waals surface area contributed by atoms with Gasteiger partial charge >= 0.3 is 5.97 Å². The standard InChI is InChI=1S/C16H27NO3/c1-3-5-6-7-8-9-10-11-12-13-15(18)17-14(4-2)16(19)20/h10-14H,3-9H2,1-2H3,(H,17,18)(H,19,20)/b11-10+,13-12+. The van der Waals surface area contributed by atoms with E-state index in [1.807, 2.05) is 12.2 Å². The first-order valence-corrected chi connectivity index (χ1v) is 7.48. The number of carboxylic acid groups (broad SMARTS) is 1. The fourth-order valence-electron chi connectivity index (χ4n) is 1.74. The highest BCUT2D eigenvalue weighted by molar-refractivity contribution is 5.91. The van der Waals surface area contributed by atoms with E-state index >= 15 is 0 Å². The monoisotopic (exact) mass is 281 g/mol. The molecule has 4 nitrogen and oxygen atoms in total. The fourth-order valence-corrected chi connectivity index (χ4v) is 1.74. The third kappa shape index (κ3) is 10.4. The van der Waals surface area contributed by atoms with Crippen LogP contribution in [0.4, 0.5) is 0 Å². The fraction of sp³-hybridized carbons (Fsp3) is 0.625. The summed E-state index contributed by atoms with van der Waals surface area (Å²) in [6.45, 7) is 3.92. The molecule has 0 fully saturated rings. The molecule has 1 amide bonds. The molecule has 0 spiro atoms. The average molecular weight is 281 g/mol. The summed E-state index contributed by atoms with van der Waals surface area (Å²) in [7, 11) is 0. The number of aliphatic carboxylic acids is 1. The molecule has 0 saturated carbocycles. The normalized spacial score (nSPS) is 12.9. The molecule has 0 heterocycles. The zero-order valence-electron chi connectivity index (χ0n) is 12.6. The van der Waals surface area contributed by atoms with E-state index < -0.39 is 12.0 Å². The molecule has 20 heavy (non-hydrogen) atoms. The van der Waals surface area contributed by atoms with Gasteiger partial charge in [-0.15, -0.1) is 0 Å². The van der Waals surface area contributed by atoms with Crippen molar-refractivity contribution in [1.82, 2.24) is 5.32 Å². The Morgan fingerprint density at radius 3 is 2.40 bits per heavy atom. The molecule has 0 rings (SSSR count). The number of amides is 1. The number of hydrogen-bond acceptors (Lipinski definition) is 2. The van der Waals surface area contributed by atoms with Crippen LogP contribution in [0.2, 0.25) is 0 Å². The minimum Gasteiger partial charge on any atom is -0.480 e. The van der Waals surface area contributed by atoms with Gasteiger partial charge in [-0.1, -0.05) is 57.8 Å². The Morgan fingerprint density at radius 2 is 1.80 bits per heavy atom. The van der Waals surface area contributed by atoms with Gasteiger partial charge in [0.15, 0.2) is 0 Å². The zero-order valence-corrected chi connectivity index (χ0v) is 12.6. The summed E-state index contributed by atoms with van der Waals surface area (Å²) in [5.74, 6) is -1.37. The second kappa shape index (κ2) is 12.5. The number of unbranched alkanes of at least 4 members (excludes halogenated alkanes) is 5. The lowest BCUT2D eigenvalue weighted by Crippen LogP contribution is -2.39. The molecule has 4 heteroatoms. The van der Waals surface area contributed by atoms with Gasteiger partial charge in [-0.25, -0.2) is 4.79 Å². The summed E-state index contributed by atoms with van der Waals surface area (Å²) in [6.07, 6.45) is 14.5. The summed E-state index contributed by atoms with van der Waals surface area (Å²) in [6, 6.07) is -0.810. The summed E-state index contributed by atoms with van der Waals surface area (Å²) in [5, 5.41) is 11.2. The van der Waals surface area contributed by atoms with Gasteiger partial charge in [0.2, 0.25) is 5.91 Å². The Hall–Kier alpha value is -1.58. The van der Waals surface area contributed by atoms with Gasteiger partial charge < -0.3 is 10.4 Å². The van der Waals surface area contributed by atoms with E-state index in [9.17, 15) is 9.59 Å². The predicted molar refractivity (Wildman–Crippen MR) is 81.5 cm³/mol. The molecule has 0 aromatic carbocycles. The zero-order chi connectivity index (χ0) is 15.2. The topological polar surface area (TPSA) is 66.4 Å². The van der Waals surface area contributed by atoms with E-state index in [-0.39, 0.29) is 5.91 Å². The minimum atomic E-state index is -1.00. The molecule has 0 aromatic rings. The van der Waals surface area contributed by atoms with E-state index in [0.29, 0.717) is 6.42 Å². The van der Waals surface area contributed by atoms with Gasteiger partial charge in [-0.3, -0.25) is 4.79 Å². The predicted octanol–water partition coefficient (Wildman–Crippen LogP) is 3.44. The Labute approximate surface area is 122 Å². The third-order valence-corrected chi connectivity index (χ3v) is 2.99. The first-order chi connectivity index (χ1) is 9.61. The van der Waals surface area contributed by atoms with Crippen LogP contribution in [0, 0.1) is 0 Å². The number of hydrogen-bond donors (Lipinski definition) is 2. The molecule has 2 N–H and O–H groups in total. The largest absolute Gasteiger partial charge is 0.480 e. The maximum absolute atomic E-state index is 11.4. The van der Waals surface area contributed by atoms with Crippen molar-refractivity contribution in [1.29, 1.82) is 0 Å². The van der Waals surface area contributed by atoms with E-state index in [2.05, 4.69) is 12.2 Å². The van der Waals surface area contributed by atoms with Gasteiger partial charge in [-0.05, 0) is 19.3 Å². The Balaban J connectivity index is 3.77. The second-order valence-corrected chi connectivity index (χ2v) is 4.80. The second-order valence-electron chi connectivity index (χ2n) is 4.80. The first-order valence-electron chi connectivity index (χ1n) is 7.48. The molecular weight excluding hydrogens is 254 g/mol. The highest BCUT2D eigenvalue weighted by Crippen LogP contribution is 2.05. The highest BCUT2D eigenvalue weighted by Gasteiger charge is 2.15. The first kappa shape index (κ1) is 18.4. The van der Waals surface area contributed by atoms with Crippen LogP contribution in [0.15, 0.2) is 24.3 Å². The van der Waals surface area contributed by atoms with Crippen molar-refractivity contribution in [2.45, 2.75) is 64.8 Å². The Bertz CT molecular complexity index is 335. The molecule has 0 bridgehead atoms. The van der Waals surface area contributed by atoms with Crippen molar-refractivity contribution in [2.75, 3.05) is 0 Å². The SMILES string of the molecule is CCCCCCC/C=C/C=C/C(=O)NC(CC)C(=O)O. The van der Waals surface area contributed by atoms with Gasteiger partial charge in [0.1, 0.15) is 6.04 Å². The van der Waals surface area contributed by atoms with Crippen LogP contribution in [-0.2, 0) is 9.59 Å². The molecule has 0 aliphatic heterocycles. The van der Waals surface area contributed by atoms with E-state index in [0.717, 1.165) is 6.42 Å². The lowest BCUT2D eigenvalue weighted by atomic mass is 10.1. The Morgan fingerprint density at radius 1 is 1.10 bits per heavy atom. The van der Waals surface area contributed by atoms with Crippen molar-refractivity contribution in [3.05, 3.63) is 24.3 Å². The van der Waals surface area contributed by atoms with Gasteiger partial charge in [0.05, 0.1) is 0 Å². The lowest BCUT2D eigenvalue weighted by Gasteiger charge is -2.09. The number of carbonyl (C=O) groups excluding carboxylic acids is 1. The Kier molecular flexibility index (Phi) is 11.5. The molecule has 0 radical (unpaired) electrons. The van der Waals surface area contributed by atoms with E-state index in [1.165, 1.54) is 38.2 Å². The number of allylic oxidation sites excluding steroid dienone is 3. The van der Waals surface area contributed by atoms with Gasteiger partial charge in [-0.2, -0.15) is 0 Å². The summed E-state index contributed by atoms with van der Waals surface area (Å²) < 4.78 is 0. The van der Waals surface area contributed by atoms with Crippen LogP contribution >= 0.6 is 0 Å². The minimum absolute atomic E-state index is 0.369. The van der Waals surface area contributed by atoms with Gasteiger partial charge in [0.25, 0.3) is 0 Å². The van der Waals surface area contributed by atoms with Crippen molar-refractivity contribution in [3.8, 4) is 0 Å². The van der Waals surface area contributed by atoms with Crippen molar-refractivity contribution in [2.24, 2.45) is 0 Å². The third-order valence-electron chi connectivity index (χ3n) is 2.99. The van der Waals surface area contributed by atoms with Crippen LogP contribution in [-0.4, -0.2) is 23.0 Å². The molecule has 0 aliphatic rings. The summed E-state index contributed by atoms with van der Waals surface area (Å²) >= 11 is 0. The maximum Gasteiger partial charge on any atom is 0.326 e. The smallest absolute Gasteiger partial charge is 0.326 e. The number of rotatable bonds is 11. The van der Waals surface area contributed by atoms with Crippen molar-refractivity contribution in [3.63, 3.8) is 0 Å². The number of carboxylic acids is 1. The number of nitrogens with one attached hydrogen (secondary N) is 1. The van der Waals surface area contributed by atoms with Crippen molar-refractivity contribution >= 4 is 11.9 Å². The summed E-state index contributed by atoms with van der Waals surface area (Å²) in [4.78, 5) is 22.2. The highest BCUT2D eigenvalue weighted by atomic mass is 16.4. The van der Waals surface area contributed by atoms with Gasteiger partial charge in [0, 0.05) is 6.08 Å². The molecule has 0 aliphatic carbocycles. The van der Waals surface area contributed by atoms with Crippen LogP contribution in [0.1, 0.15) is 58.8 Å². The molecule has 1 atom stereocenters. The maximum atomic E-state index is 11.4. The molecule has 1 unspecified atom stereocenters. The molecule has 0 aromatic heterocycles. The molecular formula is C16H27NO3. The van der Waals surface area contributed by atoms with E-state index in [1.54, 1.807) is 13.0 Å². The van der Waals surface area contributed by atoms with Crippen LogP contribution in [0.5, 0.6) is 0 Å². The summed E-state index contributed by atoms with van der Waals surface area (Å²) in [5.41, 5.74) is 0. The van der Waals surface area contributed by atoms with E-state index in [4.69, 9.17) is 5.11 Å². The van der Waals surface area contributed by atoms with Crippen LogP contribution in [0.25, 0.3) is 0 Å². The average Bonchev–Trinajstić information content (AvgIpc) is 2.42. The number of carbonyl (C=O) groups is 2. The van der Waals surface area contributed by atoms with Crippen LogP contribution in [0.3, 0.4) is 0 Å². The van der Waals surface area contributed by atoms with Crippen LogP contribution < -0.4 is 5.32 Å². The molecule has 114 valence electrons. The van der Waals surface area contributed by atoms with Crippen molar-refractivity contribution < 1.29 is 14.7 Å². The lowest BCUT2D eigenvalue weighted by molar-refractivity contribution is -0.141. The quantitative estimate of drug-likeness (QED) is 0.346. The molecule has 0 saturated heterocycles.